The molecule has 0 spiro atoms. The van der Waals surface area contributed by atoms with E-state index in [0.29, 0.717) is 24.8 Å². The van der Waals surface area contributed by atoms with Crippen molar-refractivity contribution in [1.29, 1.82) is 0 Å². The van der Waals surface area contributed by atoms with Crippen LogP contribution in [-0.2, 0) is 0 Å². The number of nitrogens with zero attached hydrogens (tertiary/aromatic N) is 6. The predicted octanol–water partition coefficient (Wildman–Crippen LogP) is 2.64. The molecule has 0 fully saturated rings. The minimum Gasteiger partial charge on any atom is -0.494 e. The Labute approximate surface area is 171 Å². The zero-order chi connectivity index (χ0) is 20.3. The third kappa shape index (κ3) is 3.46. The van der Waals surface area contributed by atoms with E-state index in [1.165, 1.54) is 11.0 Å². The molecule has 0 saturated carbocycles. The van der Waals surface area contributed by atoms with Crippen LogP contribution >= 0.6 is 0 Å². The molecule has 4 aromatic rings. The third-order valence-corrected chi connectivity index (χ3v) is 4.55. The van der Waals surface area contributed by atoms with Gasteiger partial charge in [0.2, 0.25) is 0 Å². The zero-order valence-corrected chi connectivity index (χ0v) is 16.0. The Hall–Kier alpha value is -4.21. The van der Waals surface area contributed by atoms with Crippen LogP contribution in [-0.4, -0.2) is 50.7 Å². The first-order chi connectivity index (χ1) is 14.8. The van der Waals surface area contributed by atoms with Crippen molar-refractivity contribution >= 4 is 11.5 Å². The number of methoxy groups -OCH3 is 1. The highest BCUT2D eigenvalue weighted by Gasteiger charge is 2.13. The summed E-state index contributed by atoms with van der Waals surface area (Å²) in [5.41, 5.74) is 3.17. The molecular weight excluding hydrogens is 386 g/mol. The average molecular weight is 403 g/mol. The first-order valence-electron chi connectivity index (χ1n) is 9.22. The molecule has 0 bridgehead atoms. The summed E-state index contributed by atoms with van der Waals surface area (Å²) in [5, 5.41) is 23.0. The van der Waals surface area contributed by atoms with Crippen molar-refractivity contribution < 1.29 is 14.2 Å². The van der Waals surface area contributed by atoms with Crippen LogP contribution in [0.1, 0.15) is 0 Å². The number of aromatic nitrogens is 6. The number of benzene rings is 2. The number of hydrogen-bond donors (Lipinski definition) is 1. The van der Waals surface area contributed by atoms with Crippen molar-refractivity contribution in [3.05, 3.63) is 54.9 Å². The van der Waals surface area contributed by atoms with E-state index in [1.54, 1.807) is 7.11 Å². The van der Waals surface area contributed by atoms with Crippen LogP contribution in [0.2, 0.25) is 0 Å². The summed E-state index contributed by atoms with van der Waals surface area (Å²) in [7, 11) is 1.59. The van der Waals surface area contributed by atoms with Gasteiger partial charge in [-0.25, -0.2) is 0 Å². The summed E-state index contributed by atoms with van der Waals surface area (Å²) in [4.78, 5) is 0. The van der Waals surface area contributed by atoms with Gasteiger partial charge < -0.3 is 19.5 Å². The van der Waals surface area contributed by atoms with Crippen molar-refractivity contribution in [2.24, 2.45) is 0 Å². The van der Waals surface area contributed by atoms with Crippen LogP contribution in [0, 0.1) is 0 Å². The first-order valence-corrected chi connectivity index (χ1v) is 9.22. The van der Waals surface area contributed by atoms with Crippen LogP contribution in [0.15, 0.2) is 54.9 Å². The maximum atomic E-state index is 5.64. The molecule has 2 aromatic carbocycles. The minimum absolute atomic E-state index is 0.542. The Kier molecular flexibility index (Phi) is 4.56. The second-order valence-electron chi connectivity index (χ2n) is 6.43. The highest BCUT2D eigenvalue weighted by atomic mass is 16.6. The number of rotatable bonds is 5. The van der Waals surface area contributed by atoms with Gasteiger partial charge >= 0.3 is 0 Å². The van der Waals surface area contributed by atoms with E-state index in [2.05, 4.69) is 31.0 Å². The highest BCUT2D eigenvalue weighted by Crippen LogP contribution is 2.34. The Morgan fingerprint density at radius 2 is 1.87 bits per heavy atom. The van der Waals surface area contributed by atoms with E-state index in [1.807, 2.05) is 48.5 Å². The molecule has 10 nitrogen and oxygen atoms in total. The topological polar surface area (TPSA) is 109 Å². The number of tetrazole rings is 1. The molecular formula is C20H17N7O3. The molecule has 5 rings (SSSR count). The molecule has 0 aliphatic carbocycles. The fourth-order valence-electron chi connectivity index (χ4n) is 3.12. The number of nitrogens with one attached hydrogen (secondary N) is 1. The van der Waals surface area contributed by atoms with Gasteiger partial charge in [-0.05, 0) is 52.9 Å². The van der Waals surface area contributed by atoms with Gasteiger partial charge in [0.1, 0.15) is 31.0 Å². The van der Waals surface area contributed by atoms with Crippen molar-refractivity contribution in [3.63, 3.8) is 0 Å². The number of anilines is 2. The van der Waals surface area contributed by atoms with Gasteiger partial charge in [0, 0.05) is 17.3 Å². The Morgan fingerprint density at radius 1 is 0.967 bits per heavy atom. The van der Waals surface area contributed by atoms with Gasteiger partial charge in [-0.3, -0.25) is 0 Å². The highest BCUT2D eigenvalue weighted by molar-refractivity contribution is 5.66. The van der Waals surface area contributed by atoms with Crippen molar-refractivity contribution in [2.75, 3.05) is 25.6 Å². The fraction of sp³-hybridized carbons (Fsp3) is 0.150. The molecule has 1 aliphatic heterocycles. The summed E-state index contributed by atoms with van der Waals surface area (Å²) >= 11 is 0. The molecule has 30 heavy (non-hydrogen) atoms. The summed E-state index contributed by atoms with van der Waals surface area (Å²) in [6, 6.07) is 15.1. The van der Waals surface area contributed by atoms with Gasteiger partial charge in [0.25, 0.3) is 0 Å². The lowest BCUT2D eigenvalue weighted by molar-refractivity contribution is 0.171. The molecule has 0 atom stereocenters. The summed E-state index contributed by atoms with van der Waals surface area (Å²) in [6.45, 7) is 1.11. The monoisotopic (exact) mass is 403 g/mol. The summed E-state index contributed by atoms with van der Waals surface area (Å²) < 4.78 is 18.2. The molecule has 0 amide bonds. The van der Waals surface area contributed by atoms with Crippen molar-refractivity contribution in [2.45, 2.75) is 0 Å². The van der Waals surface area contributed by atoms with Gasteiger partial charge in [-0.1, -0.05) is 0 Å². The van der Waals surface area contributed by atoms with Gasteiger partial charge in [0.15, 0.2) is 17.3 Å². The second kappa shape index (κ2) is 7.66. The van der Waals surface area contributed by atoms with E-state index >= 15 is 0 Å². The standard InChI is InChI=1S/C20H17N7O3/c1-28-18-11-14(3-5-16(18)27-12-21-25-26-27)22-20-7-4-15(23-24-20)13-2-6-17-19(10-13)30-9-8-29-17/h2-7,10-12H,8-9H2,1H3,(H,22,24). The van der Waals surface area contributed by atoms with E-state index in [-0.39, 0.29) is 0 Å². The quantitative estimate of drug-likeness (QED) is 0.538. The fourth-order valence-corrected chi connectivity index (χ4v) is 3.12. The maximum Gasteiger partial charge on any atom is 0.162 e. The lowest BCUT2D eigenvalue weighted by Crippen LogP contribution is -2.15. The van der Waals surface area contributed by atoms with Gasteiger partial charge in [0.05, 0.1) is 12.8 Å². The van der Waals surface area contributed by atoms with E-state index in [0.717, 1.165) is 34.1 Å². The molecule has 0 unspecified atom stereocenters. The Morgan fingerprint density at radius 3 is 2.63 bits per heavy atom. The molecule has 1 N–H and O–H groups in total. The SMILES string of the molecule is COc1cc(Nc2ccc(-c3ccc4c(c3)OCCO4)nn2)ccc1-n1cnnn1. The van der Waals surface area contributed by atoms with Crippen molar-refractivity contribution in [1.82, 2.24) is 30.4 Å². The normalized spacial score (nSPS) is 12.4. The maximum absolute atomic E-state index is 5.64. The van der Waals surface area contributed by atoms with Crippen LogP contribution in [0.25, 0.3) is 16.9 Å². The summed E-state index contributed by atoms with van der Waals surface area (Å²) in [6.07, 6.45) is 1.51. The predicted molar refractivity (Wildman–Crippen MR) is 107 cm³/mol. The molecule has 0 radical (unpaired) electrons. The Balaban J connectivity index is 1.35. The number of hydrogen-bond acceptors (Lipinski definition) is 9. The number of ether oxygens (including phenoxy) is 3. The minimum atomic E-state index is 0.542. The largest absolute Gasteiger partial charge is 0.494 e. The van der Waals surface area contributed by atoms with Crippen LogP contribution in [0.4, 0.5) is 11.5 Å². The second-order valence-corrected chi connectivity index (χ2v) is 6.43. The van der Waals surface area contributed by atoms with E-state index in [4.69, 9.17) is 14.2 Å². The lowest BCUT2D eigenvalue weighted by atomic mass is 10.1. The van der Waals surface area contributed by atoms with Gasteiger partial charge in [-0.15, -0.1) is 15.3 Å². The molecule has 0 saturated heterocycles. The average Bonchev–Trinajstić information content (AvgIpc) is 3.34. The van der Waals surface area contributed by atoms with E-state index in [9.17, 15) is 0 Å². The number of fused-ring (bicyclic) bond motifs is 1. The molecule has 3 heterocycles. The smallest absolute Gasteiger partial charge is 0.162 e. The Bertz CT molecular complexity index is 1160. The molecule has 2 aromatic heterocycles. The lowest BCUT2D eigenvalue weighted by Gasteiger charge is -2.18. The van der Waals surface area contributed by atoms with Crippen molar-refractivity contribution in [3.8, 4) is 34.2 Å². The first kappa shape index (κ1) is 17.9. The van der Waals surface area contributed by atoms with Crippen LogP contribution in [0.3, 0.4) is 0 Å². The third-order valence-electron chi connectivity index (χ3n) is 4.55. The molecule has 10 heteroatoms. The molecule has 1 aliphatic rings. The van der Waals surface area contributed by atoms with E-state index < -0.39 is 0 Å². The van der Waals surface area contributed by atoms with Crippen LogP contribution < -0.4 is 19.5 Å². The summed E-state index contributed by atoms with van der Waals surface area (Å²) in [5.74, 6) is 2.69. The van der Waals surface area contributed by atoms with Gasteiger partial charge in [-0.2, -0.15) is 4.68 Å². The zero-order valence-electron chi connectivity index (χ0n) is 16.0. The molecule has 150 valence electrons. The van der Waals surface area contributed by atoms with Crippen LogP contribution in [0.5, 0.6) is 17.2 Å².